The molecule has 0 aliphatic heterocycles. The standard InChI is InChI=1S/C15H12ClF6N3O2/c1-6(25-11(13(19)20)9(16)10(24-25)12(17)18)14(26)23-7-4-2-3-5-8(7)27-15(21)22/h2-6,12-13,15H,1H3,(H,23,26). The molecule has 1 unspecified atom stereocenters. The third kappa shape index (κ3) is 4.65. The van der Waals surface area contributed by atoms with Gasteiger partial charge in [-0.25, -0.2) is 22.2 Å². The minimum atomic E-state index is -3.28. The number of rotatable bonds is 7. The van der Waals surface area contributed by atoms with Gasteiger partial charge in [-0.1, -0.05) is 23.7 Å². The molecule has 5 nitrogen and oxygen atoms in total. The molecule has 0 radical (unpaired) electrons. The van der Waals surface area contributed by atoms with E-state index in [-0.39, 0.29) is 11.4 Å². The van der Waals surface area contributed by atoms with Crippen molar-refractivity contribution in [3.8, 4) is 5.75 Å². The van der Waals surface area contributed by atoms with Crippen LogP contribution in [0.3, 0.4) is 0 Å². The summed E-state index contributed by atoms with van der Waals surface area (Å²) in [5.74, 6) is -1.35. The SMILES string of the molecule is CC(C(=O)Nc1ccccc1OC(F)F)n1nc(C(F)F)c(Cl)c1C(F)F. The summed E-state index contributed by atoms with van der Waals surface area (Å²) in [5.41, 5.74) is -2.31. The Labute approximate surface area is 153 Å². The van der Waals surface area contributed by atoms with Gasteiger partial charge in [0.2, 0.25) is 5.91 Å². The van der Waals surface area contributed by atoms with E-state index in [1.807, 2.05) is 0 Å². The molecule has 0 aliphatic carbocycles. The van der Waals surface area contributed by atoms with Gasteiger partial charge in [0.1, 0.15) is 23.2 Å². The van der Waals surface area contributed by atoms with Crippen LogP contribution in [0.15, 0.2) is 24.3 Å². The van der Waals surface area contributed by atoms with E-state index < -0.39 is 47.8 Å². The molecule has 1 heterocycles. The Morgan fingerprint density at radius 2 is 1.78 bits per heavy atom. The normalized spacial score (nSPS) is 12.7. The smallest absolute Gasteiger partial charge is 0.387 e. The van der Waals surface area contributed by atoms with E-state index in [2.05, 4.69) is 15.2 Å². The number of hydrogen-bond acceptors (Lipinski definition) is 3. The van der Waals surface area contributed by atoms with Crippen LogP contribution >= 0.6 is 11.6 Å². The fraction of sp³-hybridized carbons (Fsp3) is 0.333. The zero-order chi connectivity index (χ0) is 20.3. The summed E-state index contributed by atoms with van der Waals surface area (Å²) >= 11 is 5.53. The zero-order valence-corrected chi connectivity index (χ0v) is 14.2. The summed E-state index contributed by atoms with van der Waals surface area (Å²) in [4.78, 5) is 12.3. The average molecular weight is 416 g/mol. The summed E-state index contributed by atoms with van der Waals surface area (Å²) < 4.78 is 81.6. The number of carbonyl (C=O) groups is 1. The van der Waals surface area contributed by atoms with Gasteiger partial charge in [0.25, 0.3) is 12.9 Å². The lowest BCUT2D eigenvalue weighted by molar-refractivity contribution is -0.119. The second-order valence-corrected chi connectivity index (χ2v) is 5.55. The summed E-state index contributed by atoms with van der Waals surface area (Å²) in [6.07, 6.45) is -6.51. The summed E-state index contributed by atoms with van der Waals surface area (Å²) in [6, 6.07) is 3.66. The van der Waals surface area contributed by atoms with Gasteiger partial charge < -0.3 is 10.1 Å². The molecule has 148 valence electrons. The Bertz CT molecular complexity index is 815. The fourth-order valence-electron chi connectivity index (χ4n) is 2.19. The molecule has 0 bridgehead atoms. The highest BCUT2D eigenvalue weighted by Crippen LogP contribution is 2.36. The van der Waals surface area contributed by atoms with Gasteiger partial charge in [-0.3, -0.25) is 4.79 Å². The maximum atomic E-state index is 13.2. The number of ether oxygens (including phenoxy) is 1. The molecule has 1 atom stereocenters. The lowest BCUT2D eigenvalue weighted by Gasteiger charge is -2.17. The number of alkyl halides is 6. The highest BCUT2D eigenvalue weighted by atomic mass is 35.5. The first kappa shape index (κ1) is 20.9. The molecule has 0 spiro atoms. The molecule has 2 rings (SSSR count). The van der Waals surface area contributed by atoms with Crippen LogP contribution in [0.4, 0.5) is 32.0 Å². The van der Waals surface area contributed by atoms with E-state index in [0.29, 0.717) is 4.68 Å². The van der Waals surface area contributed by atoms with Crippen molar-refractivity contribution in [3.05, 3.63) is 40.7 Å². The van der Waals surface area contributed by atoms with Crippen LogP contribution in [0.1, 0.15) is 37.2 Å². The maximum Gasteiger partial charge on any atom is 0.387 e. The molecule has 1 amide bonds. The number of amides is 1. The Morgan fingerprint density at radius 3 is 2.33 bits per heavy atom. The molecule has 27 heavy (non-hydrogen) atoms. The first-order chi connectivity index (χ1) is 12.6. The monoisotopic (exact) mass is 415 g/mol. The van der Waals surface area contributed by atoms with Crippen LogP contribution in [0.2, 0.25) is 5.02 Å². The summed E-state index contributed by atoms with van der Waals surface area (Å²) in [6.45, 7) is -2.06. The van der Waals surface area contributed by atoms with E-state index in [1.54, 1.807) is 0 Å². The van der Waals surface area contributed by atoms with Gasteiger partial charge in [0.15, 0.2) is 0 Å². The van der Waals surface area contributed by atoms with E-state index in [4.69, 9.17) is 11.6 Å². The van der Waals surface area contributed by atoms with E-state index >= 15 is 0 Å². The summed E-state index contributed by atoms with van der Waals surface area (Å²) in [7, 11) is 0. The molecule has 0 saturated heterocycles. The molecule has 0 saturated carbocycles. The van der Waals surface area contributed by atoms with Crippen molar-refractivity contribution in [3.63, 3.8) is 0 Å². The second-order valence-electron chi connectivity index (χ2n) is 5.17. The minimum Gasteiger partial charge on any atom is -0.433 e. The number of benzene rings is 1. The predicted octanol–water partition coefficient (Wildman–Crippen LogP) is 5.21. The van der Waals surface area contributed by atoms with Crippen LogP contribution in [0, 0.1) is 0 Å². The third-order valence-corrected chi connectivity index (χ3v) is 3.82. The lowest BCUT2D eigenvalue weighted by atomic mass is 10.2. The van der Waals surface area contributed by atoms with Crippen LogP contribution in [0.25, 0.3) is 0 Å². The van der Waals surface area contributed by atoms with Gasteiger partial charge >= 0.3 is 6.61 Å². The van der Waals surface area contributed by atoms with Gasteiger partial charge in [0.05, 0.1) is 10.7 Å². The van der Waals surface area contributed by atoms with E-state index in [1.165, 1.54) is 18.2 Å². The first-order valence-electron chi connectivity index (χ1n) is 7.32. The molecule has 1 aromatic heterocycles. The molecule has 12 heteroatoms. The van der Waals surface area contributed by atoms with Crippen molar-refractivity contribution < 1.29 is 35.9 Å². The Morgan fingerprint density at radius 1 is 1.15 bits per heavy atom. The van der Waals surface area contributed by atoms with Crippen molar-refractivity contribution in [1.82, 2.24) is 9.78 Å². The minimum absolute atomic E-state index is 0.166. The fourth-order valence-corrected chi connectivity index (χ4v) is 2.48. The molecular formula is C15H12ClF6N3O2. The topological polar surface area (TPSA) is 56.1 Å². The van der Waals surface area contributed by atoms with Crippen molar-refractivity contribution >= 4 is 23.2 Å². The molecular weight excluding hydrogens is 404 g/mol. The maximum absolute atomic E-state index is 13.2. The van der Waals surface area contributed by atoms with Crippen molar-refractivity contribution in [2.75, 3.05) is 5.32 Å². The van der Waals surface area contributed by atoms with Crippen molar-refractivity contribution in [1.29, 1.82) is 0 Å². The highest BCUT2D eigenvalue weighted by Gasteiger charge is 2.32. The predicted molar refractivity (Wildman–Crippen MR) is 83.6 cm³/mol. The highest BCUT2D eigenvalue weighted by molar-refractivity contribution is 6.32. The van der Waals surface area contributed by atoms with Crippen molar-refractivity contribution in [2.24, 2.45) is 0 Å². The second kappa shape index (κ2) is 8.51. The van der Waals surface area contributed by atoms with Gasteiger partial charge in [0, 0.05) is 0 Å². The number of anilines is 1. The summed E-state index contributed by atoms with van der Waals surface area (Å²) in [5, 5.41) is 4.57. The molecule has 1 aromatic carbocycles. The van der Waals surface area contributed by atoms with Crippen molar-refractivity contribution in [2.45, 2.75) is 32.4 Å². The molecule has 2 aromatic rings. The number of hydrogen-bond donors (Lipinski definition) is 1. The molecule has 1 N–H and O–H groups in total. The van der Waals surface area contributed by atoms with Gasteiger partial charge in [-0.05, 0) is 19.1 Å². The van der Waals surface area contributed by atoms with Crippen LogP contribution in [0.5, 0.6) is 5.75 Å². The van der Waals surface area contributed by atoms with E-state index in [9.17, 15) is 31.1 Å². The van der Waals surface area contributed by atoms with E-state index in [0.717, 1.165) is 13.0 Å². The lowest BCUT2D eigenvalue weighted by Crippen LogP contribution is -2.26. The number of halogens is 7. The average Bonchev–Trinajstić information content (AvgIpc) is 2.93. The quantitative estimate of drug-likeness (QED) is 0.631. The third-order valence-electron chi connectivity index (χ3n) is 3.43. The Kier molecular flexibility index (Phi) is 6.58. The molecule has 0 aliphatic rings. The Hall–Kier alpha value is -2.43. The van der Waals surface area contributed by atoms with Crippen LogP contribution < -0.4 is 10.1 Å². The first-order valence-corrected chi connectivity index (χ1v) is 7.70. The largest absolute Gasteiger partial charge is 0.433 e. The number of aromatic nitrogens is 2. The van der Waals surface area contributed by atoms with Crippen LogP contribution in [-0.2, 0) is 4.79 Å². The zero-order valence-electron chi connectivity index (χ0n) is 13.5. The van der Waals surface area contributed by atoms with Gasteiger partial charge in [-0.2, -0.15) is 13.9 Å². The van der Waals surface area contributed by atoms with Crippen LogP contribution in [-0.4, -0.2) is 22.3 Å². The Balaban J connectivity index is 2.32. The molecule has 0 fully saturated rings. The number of para-hydroxylation sites is 2. The number of nitrogens with one attached hydrogen (secondary N) is 1. The number of carbonyl (C=O) groups excluding carboxylic acids is 1. The number of nitrogens with zero attached hydrogens (tertiary/aromatic N) is 2. The van der Waals surface area contributed by atoms with Gasteiger partial charge in [-0.15, -0.1) is 0 Å².